The first-order chi connectivity index (χ1) is 12.6. The average molecular weight is 399 g/mol. The van der Waals surface area contributed by atoms with Gasteiger partial charge >= 0.3 is 0 Å². The summed E-state index contributed by atoms with van der Waals surface area (Å²) in [6.07, 6.45) is 4.22. The molecule has 1 aromatic carbocycles. The fourth-order valence-electron chi connectivity index (χ4n) is 3.07. The van der Waals surface area contributed by atoms with Gasteiger partial charge in [-0.1, -0.05) is 25.5 Å². The predicted molar refractivity (Wildman–Crippen MR) is 112 cm³/mol. The maximum Gasteiger partial charge on any atom is 0.236 e. The first-order valence-electron chi connectivity index (χ1n) is 9.80. The first-order valence-corrected chi connectivity index (χ1v) is 9.80. The summed E-state index contributed by atoms with van der Waals surface area (Å²) in [4.78, 5) is 16.1. The van der Waals surface area contributed by atoms with Crippen LogP contribution in [0.3, 0.4) is 0 Å². The molecule has 0 aliphatic carbocycles. The lowest BCUT2D eigenvalue weighted by Crippen LogP contribution is -2.40. The van der Waals surface area contributed by atoms with E-state index in [-0.39, 0.29) is 18.3 Å². The molecule has 0 saturated carbocycles. The van der Waals surface area contributed by atoms with Crippen molar-refractivity contribution in [3.8, 4) is 5.75 Å². The third-order valence-electron chi connectivity index (χ3n) is 4.78. The molecule has 1 aromatic rings. The Kier molecular flexibility index (Phi) is 11.4. The van der Waals surface area contributed by atoms with Crippen LogP contribution in [-0.2, 0) is 16.0 Å². The van der Waals surface area contributed by atoms with E-state index in [2.05, 4.69) is 30.0 Å². The minimum Gasteiger partial charge on any atom is -0.494 e. The van der Waals surface area contributed by atoms with Gasteiger partial charge in [0.2, 0.25) is 5.91 Å². The Morgan fingerprint density at radius 2 is 2.15 bits per heavy atom. The predicted octanol–water partition coefficient (Wildman–Crippen LogP) is 3.26. The van der Waals surface area contributed by atoms with Gasteiger partial charge in [0.15, 0.2) is 0 Å². The number of rotatable bonds is 11. The van der Waals surface area contributed by atoms with Crippen molar-refractivity contribution in [1.82, 2.24) is 9.80 Å². The van der Waals surface area contributed by atoms with Gasteiger partial charge in [-0.15, -0.1) is 12.4 Å². The molecular weight excluding hydrogens is 364 g/mol. The van der Waals surface area contributed by atoms with E-state index in [1.807, 2.05) is 20.2 Å². The van der Waals surface area contributed by atoms with Gasteiger partial charge in [-0.2, -0.15) is 0 Å². The zero-order valence-corrected chi connectivity index (χ0v) is 17.8. The number of carbonyl (C=O) groups excluding carboxylic acids is 1. The molecule has 1 saturated heterocycles. The van der Waals surface area contributed by atoms with Crippen LogP contribution in [0.2, 0.25) is 0 Å². The second-order valence-electron chi connectivity index (χ2n) is 7.35. The highest BCUT2D eigenvalue weighted by atomic mass is 35.5. The van der Waals surface area contributed by atoms with Crippen molar-refractivity contribution >= 4 is 18.3 Å². The van der Waals surface area contributed by atoms with Gasteiger partial charge in [-0.05, 0) is 42.9 Å². The molecule has 0 bridgehead atoms. The van der Waals surface area contributed by atoms with E-state index in [0.29, 0.717) is 12.5 Å². The van der Waals surface area contributed by atoms with Crippen molar-refractivity contribution in [3.05, 3.63) is 29.8 Å². The highest BCUT2D eigenvalue weighted by Crippen LogP contribution is 2.17. The van der Waals surface area contributed by atoms with E-state index in [9.17, 15) is 4.79 Å². The molecule has 0 spiro atoms. The smallest absolute Gasteiger partial charge is 0.236 e. The van der Waals surface area contributed by atoms with Crippen molar-refractivity contribution in [2.24, 2.45) is 5.92 Å². The van der Waals surface area contributed by atoms with E-state index in [4.69, 9.17) is 9.47 Å². The van der Waals surface area contributed by atoms with Crippen LogP contribution < -0.4 is 4.74 Å². The fourth-order valence-corrected chi connectivity index (χ4v) is 3.07. The van der Waals surface area contributed by atoms with Crippen LogP contribution in [0.1, 0.15) is 31.7 Å². The zero-order chi connectivity index (χ0) is 18.8. The molecule has 2 rings (SSSR count). The van der Waals surface area contributed by atoms with E-state index < -0.39 is 0 Å². The van der Waals surface area contributed by atoms with Crippen molar-refractivity contribution in [2.75, 3.05) is 53.6 Å². The summed E-state index contributed by atoms with van der Waals surface area (Å²) in [5, 5.41) is 0. The van der Waals surface area contributed by atoms with Crippen molar-refractivity contribution in [1.29, 1.82) is 0 Å². The maximum atomic E-state index is 12.2. The number of nitrogens with zero attached hydrogens (tertiary/aromatic N) is 2. The monoisotopic (exact) mass is 398 g/mol. The average Bonchev–Trinajstić information content (AvgIpc) is 3.13. The van der Waals surface area contributed by atoms with Crippen LogP contribution in [0.15, 0.2) is 24.3 Å². The largest absolute Gasteiger partial charge is 0.494 e. The van der Waals surface area contributed by atoms with Crippen LogP contribution in [0, 0.1) is 5.92 Å². The van der Waals surface area contributed by atoms with Crippen LogP contribution in [0.4, 0.5) is 0 Å². The van der Waals surface area contributed by atoms with Crippen LogP contribution in [0.25, 0.3) is 0 Å². The van der Waals surface area contributed by atoms with E-state index >= 15 is 0 Å². The molecule has 27 heavy (non-hydrogen) atoms. The Balaban J connectivity index is 0.00000364. The second kappa shape index (κ2) is 13.0. The van der Waals surface area contributed by atoms with Gasteiger partial charge in [-0.3, -0.25) is 9.69 Å². The maximum absolute atomic E-state index is 12.2. The SMILES string of the molecule is CCCCOc1cccc(CCN(CC(=O)N(C)C)CC2CCOC2)c1.Cl. The molecule has 0 aromatic heterocycles. The number of carbonyl (C=O) groups is 1. The number of benzene rings is 1. The lowest BCUT2D eigenvalue weighted by atomic mass is 10.1. The van der Waals surface area contributed by atoms with Gasteiger partial charge < -0.3 is 14.4 Å². The lowest BCUT2D eigenvalue weighted by Gasteiger charge is -2.26. The summed E-state index contributed by atoms with van der Waals surface area (Å²) in [6.45, 7) is 6.85. The summed E-state index contributed by atoms with van der Waals surface area (Å²) < 4.78 is 11.3. The number of halogens is 1. The Labute approximate surface area is 170 Å². The molecule has 0 N–H and O–H groups in total. The fraction of sp³-hybridized carbons (Fsp3) is 0.667. The van der Waals surface area contributed by atoms with Gasteiger partial charge in [0, 0.05) is 33.8 Å². The standard InChI is InChI=1S/C21H34N2O3.ClH/c1-4-5-12-26-20-8-6-7-18(14-20)9-11-23(16-21(24)22(2)3)15-19-10-13-25-17-19;/h6-8,14,19H,4-5,9-13,15-17H2,1-3H3;1H. The minimum atomic E-state index is 0. The van der Waals surface area contributed by atoms with Gasteiger partial charge in [0.25, 0.3) is 0 Å². The van der Waals surface area contributed by atoms with Crippen LogP contribution in [0.5, 0.6) is 5.75 Å². The number of likely N-dealkylation sites (N-methyl/N-ethyl adjacent to an activating group) is 1. The van der Waals surface area contributed by atoms with Crippen LogP contribution in [-0.4, -0.2) is 69.3 Å². The molecule has 1 heterocycles. The molecule has 1 aliphatic heterocycles. The van der Waals surface area contributed by atoms with Gasteiger partial charge in [0.1, 0.15) is 5.75 Å². The Morgan fingerprint density at radius 1 is 1.33 bits per heavy atom. The summed E-state index contributed by atoms with van der Waals surface area (Å²) in [5.41, 5.74) is 1.25. The third kappa shape index (κ3) is 8.96. The van der Waals surface area contributed by atoms with E-state index in [1.165, 1.54) is 5.56 Å². The number of amides is 1. The molecule has 1 unspecified atom stereocenters. The summed E-state index contributed by atoms with van der Waals surface area (Å²) >= 11 is 0. The highest BCUT2D eigenvalue weighted by molar-refractivity contribution is 5.85. The summed E-state index contributed by atoms with van der Waals surface area (Å²) in [5.74, 6) is 1.63. The van der Waals surface area contributed by atoms with Crippen LogP contribution >= 0.6 is 12.4 Å². The number of ether oxygens (including phenoxy) is 2. The molecule has 1 aliphatic rings. The zero-order valence-electron chi connectivity index (χ0n) is 17.0. The quantitative estimate of drug-likeness (QED) is 0.536. The van der Waals surface area contributed by atoms with Gasteiger partial charge in [0.05, 0.1) is 19.8 Å². The minimum absolute atomic E-state index is 0. The van der Waals surface area contributed by atoms with E-state index in [1.54, 1.807) is 4.90 Å². The topological polar surface area (TPSA) is 42.0 Å². The first kappa shape index (κ1) is 23.7. The van der Waals surface area contributed by atoms with Crippen molar-refractivity contribution in [2.45, 2.75) is 32.6 Å². The van der Waals surface area contributed by atoms with E-state index in [0.717, 1.165) is 64.3 Å². The van der Waals surface area contributed by atoms with Gasteiger partial charge in [-0.25, -0.2) is 0 Å². The lowest BCUT2D eigenvalue weighted by molar-refractivity contribution is -0.130. The molecule has 1 amide bonds. The highest BCUT2D eigenvalue weighted by Gasteiger charge is 2.21. The molecular formula is C21H35ClN2O3. The molecule has 154 valence electrons. The van der Waals surface area contributed by atoms with Crippen molar-refractivity contribution in [3.63, 3.8) is 0 Å². The second-order valence-corrected chi connectivity index (χ2v) is 7.35. The van der Waals surface area contributed by atoms with Crippen molar-refractivity contribution < 1.29 is 14.3 Å². The summed E-state index contributed by atoms with van der Waals surface area (Å²) in [7, 11) is 3.63. The number of hydrogen-bond donors (Lipinski definition) is 0. The molecule has 0 radical (unpaired) electrons. The molecule has 1 fully saturated rings. The summed E-state index contributed by atoms with van der Waals surface area (Å²) in [6, 6.07) is 8.33. The Morgan fingerprint density at radius 3 is 2.81 bits per heavy atom. The normalized spacial score (nSPS) is 16.2. The molecule has 6 heteroatoms. The third-order valence-corrected chi connectivity index (χ3v) is 4.78. The molecule has 1 atom stereocenters. The Bertz CT molecular complexity index is 548. The Hall–Kier alpha value is -1.30. The molecule has 5 nitrogen and oxygen atoms in total. The number of hydrogen-bond acceptors (Lipinski definition) is 4. The number of unbranched alkanes of at least 4 members (excludes halogenated alkanes) is 1.